The van der Waals surface area contributed by atoms with Crippen molar-refractivity contribution in [2.45, 2.75) is 32.5 Å². The van der Waals surface area contributed by atoms with Gasteiger partial charge in [0.15, 0.2) is 11.6 Å². The lowest BCUT2D eigenvalue weighted by Gasteiger charge is -2.11. The van der Waals surface area contributed by atoms with Gasteiger partial charge in [0.25, 0.3) is 0 Å². The number of ether oxygens (including phenoxy) is 1. The maximum Gasteiger partial charge on any atom is 0.573 e. The molecule has 0 aliphatic carbocycles. The molecule has 23 heavy (non-hydrogen) atoms. The minimum absolute atomic E-state index is 0.00121. The molecule has 0 aliphatic heterocycles. The number of hydrogen-bond acceptors (Lipinski definition) is 1. The Labute approximate surface area is 130 Å². The van der Waals surface area contributed by atoms with Crippen molar-refractivity contribution in [2.75, 3.05) is 0 Å². The normalized spacial score (nSPS) is 11.6. The summed E-state index contributed by atoms with van der Waals surface area (Å²) in [5, 5.41) is 0. The SMILES string of the molecule is CCCCc1ccc(-c2ccc(OC(F)(F)F)cc2)c(F)c1F. The van der Waals surface area contributed by atoms with Gasteiger partial charge in [0.05, 0.1) is 0 Å². The van der Waals surface area contributed by atoms with E-state index in [1.165, 1.54) is 24.3 Å². The molecule has 0 aromatic heterocycles. The number of alkyl halides is 3. The van der Waals surface area contributed by atoms with Crippen molar-refractivity contribution in [1.82, 2.24) is 0 Å². The van der Waals surface area contributed by atoms with Gasteiger partial charge in [0.2, 0.25) is 0 Å². The number of rotatable bonds is 5. The molecule has 2 aromatic rings. The van der Waals surface area contributed by atoms with Crippen LogP contribution in [0.3, 0.4) is 0 Å². The van der Waals surface area contributed by atoms with Crippen LogP contribution in [0.4, 0.5) is 22.0 Å². The van der Waals surface area contributed by atoms with Crippen LogP contribution in [0.2, 0.25) is 0 Å². The first-order valence-corrected chi connectivity index (χ1v) is 7.15. The molecule has 124 valence electrons. The monoisotopic (exact) mass is 330 g/mol. The summed E-state index contributed by atoms with van der Waals surface area (Å²) < 4.78 is 68.2. The van der Waals surface area contributed by atoms with Crippen LogP contribution >= 0.6 is 0 Å². The summed E-state index contributed by atoms with van der Waals surface area (Å²) in [6.07, 6.45) is -2.74. The van der Waals surface area contributed by atoms with Crippen LogP contribution in [-0.4, -0.2) is 6.36 Å². The van der Waals surface area contributed by atoms with Gasteiger partial charge in [-0.2, -0.15) is 0 Å². The molecular formula is C17H15F5O. The number of unbranched alkanes of at least 4 members (excludes halogenated alkanes) is 1. The molecule has 0 spiro atoms. The van der Waals surface area contributed by atoms with E-state index in [-0.39, 0.29) is 11.1 Å². The Morgan fingerprint density at radius 3 is 2.13 bits per heavy atom. The van der Waals surface area contributed by atoms with Gasteiger partial charge < -0.3 is 4.74 Å². The Kier molecular flexibility index (Phi) is 5.23. The van der Waals surface area contributed by atoms with Gasteiger partial charge in [-0.25, -0.2) is 8.78 Å². The van der Waals surface area contributed by atoms with Gasteiger partial charge in [0, 0.05) is 5.56 Å². The fourth-order valence-electron chi connectivity index (χ4n) is 2.21. The van der Waals surface area contributed by atoms with Crippen LogP contribution in [0.25, 0.3) is 11.1 Å². The third kappa shape index (κ3) is 4.43. The Bertz CT molecular complexity index is 662. The average molecular weight is 330 g/mol. The molecule has 1 nitrogen and oxygen atoms in total. The number of halogens is 5. The van der Waals surface area contributed by atoms with Crippen LogP contribution in [0.5, 0.6) is 5.75 Å². The van der Waals surface area contributed by atoms with Crippen LogP contribution in [0.15, 0.2) is 36.4 Å². The van der Waals surface area contributed by atoms with E-state index in [4.69, 9.17) is 0 Å². The molecule has 0 unspecified atom stereocenters. The first-order chi connectivity index (χ1) is 10.8. The summed E-state index contributed by atoms with van der Waals surface area (Å²) in [5.74, 6) is -2.32. The van der Waals surface area contributed by atoms with Crippen molar-refractivity contribution in [3.8, 4) is 16.9 Å². The van der Waals surface area contributed by atoms with E-state index in [9.17, 15) is 22.0 Å². The van der Waals surface area contributed by atoms with Crippen molar-refractivity contribution >= 4 is 0 Å². The molecule has 0 saturated heterocycles. The first-order valence-electron chi connectivity index (χ1n) is 7.15. The van der Waals surface area contributed by atoms with Crippen LogP contribution < -0.4 is 4.74 Å². The third-order valence-corrected chi connectivity index (χ3v) is 3.36. The lowest BCUT2D eigenvalue weighted by molar-refractivity contribution is -0.274. The molecular weight excluding hydrogens is 315 g/mol. The van der Waals surface area contributed by atoms with Gasteiger partial charge in [-0.05, 0) is 36.1 Å². The smallest absolute Gasteiger partial charge is 0.406 e. The standard InChI is InChI=1S/C17H15F5O/c1-2-3-4-12-7-10-14(16(19)15(12)18)11-5-8-13(9-6-11)23-17(20,21)22/h5-10H,2-4H2,1H3. The fraction of sp³-hybridized carbons (Fsp3) is 0.294. The quantitative estimate of drug-likeness (QED) is 0.623. The number of hydrogen-bond donors (Lipinski definition) is 0. The van der Waals surface area contributed by atoms with Gasteiger partial charge in [-0.15, -0.1) is 13.2 Å². The van der Waals surface area contributed by atoms with E-state index in [0.29, 0.717) is 12.0 Å². The molecule has 0 bridgehead atoms. The van der Waals surface area contributed by atoms with Crippen LogP contribution in [-0.2, 0) is 6.42 Å². The molecule has 0 aliphatic rings. The topological polar surface area (TPSA) is 9.23 Å². The number of aryl methyl sites for hydroxylation is 1. The zero-order valence-electron chi connectivity index (χ0n) is 12.4. The van der Waals surface area contributed by atoms with E-state index in [1.807, 2.05) is 6.92 Å². The van der Waals surface area contributed by atoms with E-state index in [1.54, 1.807) is 0 Å². The summed E-state index contributed by atoms with van der Waals surface area (Å²) in [6, 6.07) is 7.57. The lowest BCUT2D eigenvalue weighted by Crippen LogP contribution is -2.16. The molecule has 6 heteroatoms. The summed E-state index contributed by atoms with van der Waals surface area (Å²) in [4.78, 5) is 0. The molecule has 0 saturated carbocycles. The molecule has 2 aromatic carbocycles. The minimum atomic E-state index is -4.79. The van der Waals surface area contributed by atoms with Gasteiger partial charge in [-0.1, -0.05) is 37.6 Å². The number of benzene rings is 2. The van der Waals surface area contributed by atoms with E-state index in [0.717, 1.165) is 25.0 Å². The van der Waals surface area contributed by atoms with Crippen molar-refractivity contribution in [3.63, 3.8) is 0 Å². The molecule has 0 N–H and O–H groups in total. The van der Waals surface area contributed by atoms with E-state index >= 15 is 0 Å². The molecule has 0 amide bonds. The van der Waals surface area contributed by atoms with Gasteiger partial charge in [-0.3, -0.25) is 0 Å². The Morgan fingerprint density at radius 2 is 1.57 bits per heavy atom. The maximum absolute atomic E-state index is 14.2. The molecule has 0 heterocycles. The van der Waals surface area contributed by atoms with Crippen molar-refractivity contribution < 1.29 is 26.7 Å². The highest BCUT2D eigenvalue weighted by Gasteiger charge is 2.31. The van der Waals surface area contributed by atoms with Crippen molar-refractivity contribution in [1.29, 1.82) is 0 Å². The minimum Gasteiger partial charge on any atom is -0.406 e. The van der Waals surface area contributed by atoms with Crippen LogP contribution in [0, 0.1) is 11.6 Å². The highest BCUT2D eigenvalue weighted by molar-refractivity contribution is 5.65. The predicted octanol–water partition coefficient (Wildman–Crippen LogP) is 5.87. The van der Waals surface area contributed by atoms with Crippen molar-refractivity contribution in [2.24, 2.45) is 0 Å². The zero-order valence-corrected chi connectivity index (χ0v) is 12.4. The lowest BCUT2D eigenvalue weighted by atomic mass is 10.00. The van der Waals surface area contributed by atoms with Gasteiger partial charge in [0.1, 0.15) is 5.75 Å². The first kappa shape index (κ1) is 17.2. The fourth-order valence-corrected chi connectivity index (χ4v) is 2.21. The second kappa shape index (κ2) is 6.98. The Balaban J connectivity index is 2.26. The second-order valence-corrected chi connectivity index (χ2v) is 5.08. The highest BCUT2D eigenvalue weighted by Crippen LogP contribution is 2.30. The van der Waals surface area contributed by atoms with Crippen LogP contribution in [0.1, 0.15) is 25.3 Å². The summed E-state index contributed by atoms with van der Waals surface area (Å²) >= 11 is 0. The second-order valence-electron chi connectivity index (χ2n) is 5.08. The van der Waals surface area contributed by atoms with E-state index in [2.05, 4.69) is 4.74 Å². The van der Waals surface area contributed by atoms with Crippen molar-refractivity contribution in [3.05, 3.63) is 53.6 Å². The Morgan fingerprint density at radius 1 is 0.913 bits per heavy atom. The summed E-state index contributed by atoms with van der Waals surface area (Å²) in [5.41, 5.74) is 0.574. The third-order valence-electron chi connectivity index (χ3n) is 3.36. The molecule has 0 radical (unpaired) electrons. The maximum atomic E-state index is 14.2. The molecule has 2 rings (SSSR count). The average Bonchev–Trinajstić information content (AvgIpc) is 2.48. The highest BCUT2D eigenvalue weighted by atomic mass is 19.4. The Hall–Kier alpha value is -2.11. The van der Waals surface area contributed by atoms with Gasteiger partial charge >= 0.3 is 6.36 Å². The zero-order chi connectivity index (χ0) is 17.0. The predicted molar refractivity (Wildman–Crippen MR) is 77.1 cm³/mol. The molecule has 0 fully saturated rings. The molecule has 0 atom stereocenters. The summed E-state index contributed by atoms with van der Waals surface area (Å²) in [7, 11) is 0. The van der Waals surface area contributed by atoms with E-state index < -0.39 is 23.7 Å². The summed E-state index contributed by atoms with van der Waals surface area (Å²) in [6.45, 7) is 1.95. The largest absolute Gasteiger partial charge is 0.573 e.